The van der Waals surface area contributed by atoms with Gasteiger partial charge in [-0.2, -0.15) is 0 Å². The number of aliphatic hydroxyl groups is 1. The lowest BCUT2D eigenvalue weighted by molar-refractivity contribution is -0.159. The van der Waals surface area contributed by atoms with Crippen LogP contribution in [0.2, 0.25) is 5.02 Å². The van der Waals surface area contributed by atoms with E-state index in [1.54, 1.807) is 34.6 Å². The number of anilines is 1. The summed E-state index contributed by atoms with van der Waals surface area (Å²) in [6.45, 7) is 8.33. The Hall–Kier alpha value is -2.78. The summed E-state index contributed by atoms with van der Waals surface area (Å²) in [6, 6.07) is 1.58. The standard InChI is InChI=1S/C22H26ClFN4O4/c1-11(10-29)26-21-25-8-16(23)18(27-21)13-6-14-15(17(24)7-13)9-28(19(14)30)12(2)20(31)32-22(3,4)5/h6-8,11-12,29H,9-10H2,1-5H3,(H,25,26,27). The van der Waals surface area contributed by atoms with Crippen LogP contribution in [0.5, 0.6) is 0 Å². The van der Waals surface area contributed by atoms with Gasteiger partial charge in [0.2, 0.25) is 5.95 Å². The maximum absolute atomic E-state index is 15.0. The fourth-order valence-corrected chi connectivity index (χ4v) is 3.45. The van der Waals surface area contributed by atoms with Crippen LogP contribution >= 0.6 is 11.6 Å². The first-order valence-electron chi connectivity index (χ1n) is 10.2. The smallest absolute Gasteiger partial charge is 0.329 e. The fourth-order valence-electron chi connectivity index (χ4n) is 3.25. The third-order valence-corrected chi connectivity index (χ3v) is 5.17. The number of fused-ring (bicyclic) bond motifs is 1. The number of nitrogens with zero attached hydrogens (tertiary/aromatic N) is 3. The van der Waals surface area contributed by atoms with Gasteiger partial charge in [0.25, 0.3) is 5.91 Å². The lowest BCUT2D eigenvalue weighted by Crippen LogP contribution is -2.42. The molecule has 2 atom stereocenters. The van der Waals surface area contributed by atoms with Crippen LogP contribution < -0.4 is 5.32 Å². The zero-order valence-corrected chi connectivity index (χ0v) is 19.3. The SMILES string of the molecule is CC(CO)Nc1ncc(Cl)c(-c2cc(F)c3c(c2)C(=O)N(C(C)C(=O)OC(C)(C)C)C3)n1. The van der Waals surface area contributed by atoms with Gasteiger partial charge in [-0.1, -0.05) is 11.6 Å². The number of carbonyl (C=O) groups is 2. The topological polar surface area (TPSA) is 105 Å². The Balaban J connectivity index is 1.93. The molecule has 2 aromatic rings. The maximum atomic E-state index is 15.0. The van der Waals surface area contributed by atoms with Crippen LogP contribution in [0.4, 0.5) is 10.3 Å². The van der Waals surface area contributed by atoms with Crippen LogP contribution in [-0.4, -0.2) is 56.1 Å². The highest BCUT2D eigenvalue weighted by molar-refractivity contribution is 6.33. The van der Waals surface area contributed by atoms with E-state index in [4.69, 9.17) is 16.3 Å². The highest BCUT2D eigenvalue weighted by Gasteiger charge is 2.37. The average Bonchev–Trinajstić information content (AvgIpc) is 3.04. The average molecular weight is 465 g/mol. The minimum absolute atomic E-state index is 0.0426. The van der Waals surface area contributed by atoms with Crippen LogP contribution in [0.15, 0.2) is 18.3 Å². The second-order valence-electron chi connectivity index (χ2n) is 8.74. The zero-order valence-electron chi connectivity index (χ0n) is 18.6. The van der Waals surface area contributed by atoms with Crippen molar-refractivity contribution in [2.75, 3.05) is 11.9 Å². The van der Waals surface area contributed by atoms with E-state index in [1.165, 1.54) is 23.2 Å². The van der Waals surface area contributed by atoms with Gasteiger partial charge >= 0.3 is 5.97 Å². The molecule has 0 saturated carbocycles. The number of aliphatic hydroxyl groups excluding tert-OH is 1. The molecule has 0 fully saturated rings. The molecule has 1 aliphatic rings. The Morgan fingerprint density at radius 3 is 2.69 bits per heavy atom. The molecule has 1 aromatic heterocycles. The number of ether oxygens (including phenoxy) is 1. The van der Waals surface area contributed by atoms with Gasteiger partial charge in [-0.25, -0.2) is 19.2 Å². The number of amides is 1. The first-order chi connectivity index (χ1) is 14.9. The summed E-state index contributed by atoms with van der Waals surface area (Å²) in [5.74, 6) is -1.43. The van der Waals surface area contributed by atoms with E-state index >= 15 is 0 Å². The molecular formula is C22H26ClFN4O4. The molecule has 2 N–H and O–H groups in total. The van der Waals surface area contributed by atoms with Gasteiger partial charge in [-0.15, -0.1) is 0 Å². The summed E-state index contributed by atoms with van der Waals surface area (Å²) in [4.78, 5) is 35.1. The lowest BCUT2D eigenvalue weighted by Gasteiger charge is -2.27. The van der Waals surface area contributed by atoms with E-state index in [1.807, 2.05) is 0 Å². The van der Waals surface area contributed by atoms with Gasteiger partial charge in [0.1, 0.15) is 17.5 Å². The summed E-state index contributed by atoms with van der Waals surface area (Å²) in [5.41, 5.74) is 0.174. The Bertz CT molecular complexity index is 1060. The number of hydrogen-bond acceptors (Lipinski definition) is 7. The summed E-state index contributed by atoms with van der Waals surface area (Å²) in [7, 11) is 0. The van der Waals surface area contributed by atoms with Crippen molar-refractivity contribution in [3.8, 4) is 11.3 Å². The number of aromatic nitrogens is 2. The molecule has 0 spiro atoms. The number of carbonyl (C=O) groups excluding carboxylic acids is 2. The lowest BCUT2D eigenvalue weighted by atomic mass is 10.0. The third kappa shape index (κ3) is 4.99. The molecule has 32 heavy (non-hydrogen) atoms. The van der Waals surface area contributed by atoms with Gasteiger partial charge < -0.3 is 20.1 Å². The van der Waals surface area contributed by atoms with Crippen molar-refractivity contribution >= 4 is 29.4 Å². The first-order valence-corrected chi connectivity index (χ1v) is 10.6. The molecule has 0 bridgehead atoms. The van der Waals surface area contributed by atoms with Gasteiger partial charge in [-0.05, 0) is 46.8 Å². The number of rotatable bonds is 6. The molecule has 8 nitrogen and oxygen atoms in total. The number of halogens is 2. The van der Waals surface area contributed by atoms with Crippen molar-refractivity contribution in [2.24, 2.45) is 0 Å². The molecule has 2 heterocycles. The molecule has 0 aliphatic carbocycles. The van der Waals surface area contributed by atoms with Crippen molar-refractivity contribution in [1.29, 1.82) is 0 Å². The van der Waals surface area contributed by atoms with Gasteiger partial charge in [-0.3, -0.25) is 4.79 Å². The summed E-state index contributed by atoms with van der Waals surface area (Å²) >= 11 is 6.24. The molecule has 1 aromatic carbocycles. The number of nitrogens with one attached hydrogen (secondary N) is 1. The molecule has 0 saturated heterocycles. The Morgan fingerprint density at radius 1 is 1.38 bits per heavy atom. The van der Waals surface area contributed by atoms with Crippen molar-refractivity contribution in [3.63, 3.8) is 0 Å². The second-order valence-corrected chi connectivity index (χ2v) is 9.15. The molecular weight excluding hydrogens is 439 g/mol. The summed E-state index contributed by atoms with van der Waals surface area (Å²) in [5, 5.41) is 12.3. The Morgan fingerprint density at radius 2 is 2.06 bits per heavy atom. The van der Waals surface area contributed by atoms with E-state index < -0.39 is 29.3 Å². The number of benzene rings is 1. The van der Waals surface area contributed by atoms with E-state index in [9.17, 15) is 19.1 Å². The predicted octanol–water partition coefficient (Wildman–Crippen LogP) is 3.41. The third-order valence-electron chi connectivity index (χ3n) is 4.90. The minimum Gasteiger partial charge on any atom is -0.458 e. The monoisotopic (exact) mass is 464 g/mol. The highest BCUT2D eigenvalue weighted by atomic mass is 35.5. The Kier molecular flexibility index (Phi) is 6.71. The van der Waals surface area contributed by atoms with Gasteiger partial charge in [0, 0.05) is 22.7 Å². The minimum atomic E-state index is -0.879. The van der Waals surface area contributed by atoms with Crippen molar-refractivity contribution < 1.29 is 23.8 Å². The van der Waals surface area contributed by atoms with E-state index in [0.717, 1.165) is 0 Å². The normalized spacial score (nSPS) is 15.4. The molecule has 0 radical (unpaired) electrons. The van der Waals surface area contributed by atoms with Crippen LogP contribution in [0.3, 0.4) is 0 Å². The molecule has 172 valence electrons. The molecule has 10 heteroatoms. The van der Waals surface area contributed by atoms with Crippen LogP contribution in [0.1, 0.15) is 50.5 Å². The fraction of sp³-hybridized carbons (Fsp3) is 0.455. The number of hydrogen-bond donors (Lipinski definition) is 2. The van der Waals surface area contributed by atoms with Gasteiger partial charge in [0.05, 0.1) is 30.1 Å². The number of esters is 1. The van der Waals surface area contributed by atoms with E-state index in [2.05, 4.69) is 15.3 Å². The van der Waals surface area contributed by atoms with Crippen molar-refractivity contribution in [2.45, 2.75) is 58.8 Å². The quantitative estimate of drug-likeness (QED) is 0.631. The zero-order chi connectivity index (χ0) is 23.8. The molecule has 1 amide bonds. The Labute approximate surface area is 190 Å². The van der Waals surface area contributed by atoms with Crippen molar-refractivity contribution in [1.82, 2.24) is 14.9 Å². The second kappa shape index (κ2) is 8.99. The summed E-state index contributed by atoms with van der Waals surface area (Å²) < 4.78 is 20.4. The molecule has 1 aliphatic heterocycles. The van der Waals surface area contributed by atoms with Crippen LogP contribution in [-0.2, 0) is 16.1 Å². The predicted molar refractivity (Wildman–Crippen MR) is 118 cm³/mol. The van der Waals surface area contributed by atoms with Gasteiger partial charge in [0.15, 0.2) is 0 Å². The van der Waals surface area contributed by atoms with Crippen molar-refractivity contribution in [3.05, 3.63) is 40.3 Å². The maximum Gasteiger partial charge on any atom is 0.329 e. The van der Waals surface area contributed by atoms with E-state index in [-0.39, 0.29) is 47.0 Å². The molecule has 2 unspecified atom stereocenters. The molecule has 3 rings (SSSR count). The first kappa shape index (κ1) is 23.9. The highest BCUT2D eigenvalue weighted by Crippen LogP contribution is 2.34. The van der Waals surface area contributed by atoms with E-state index in [0.29, 0.717) is 5.56 Å². The van der Waals surface area contributed by atoms with Crippen LogP contribution in [0.25, 0.3) is 11.3 Å². The van der Waals surface area contributed by atoms with Crippen LogP contribution in [0, 0.1) is 5.82 Å². The largest absolute Gasteiger partial charge is 0.458 e. The summed E-state index contributed by atoms with van der Waals surface area (Å²) in [6.07, 6.45) is 1.36.